The maximum atomic E-state index is 14.5. The summed E-state index contributed by atoms with van der Waals surface area (Å²) in [5, 5.41) is 20.9. The number of nitrogens with zero attached hydrogens (tertiary/aromatic N) is 2. The summed E-state index contributed by atoms with van der Waals surface area (Å²) in [6, 6.07) is 7.15. The molecule has 0 fully saturated rings. The van der Waals surface area contributed by atoms with Gasteiger partial charge in [-0.1, -0.05) is 22.8 Å². The fourth-order valence-electron chi connectivity index (χ4n) is 3.07. The second-order valence-corrected chi connectivity index (χ2v) is 6.80. The zero-order valence-electron chi connectivity index (χ0n) is 14.6. The van der Waals surface area contributed by atoms with E-state index in [0.29, 0.717) is 5.56 Å². The van der Waals surface area contributed by atoms with Crippen LogP contribution in [0.1, 0.15) is 39.0 Å². The molecular formula is C19H11ClF4N2O3. The first-order valence-corrected chi connectivity index (χ1v) is 8.43. The topological polar surface area (TPSA) is 82.7 Å². The monoisotopic (exact) mass is 426 g/mol. The third-order valence-electron chi connectivity index (χ3n) is 4.57. The summed E-state index contributed by atoms with van der Waals surface area (Å²) >= 11 is 5.67. The Morgan fingerprint density at radius 3 is 2.59 bits per heavy atom. The molecule has 1 atom stereocenters. The predicted octanol–water partition coefficient (Wildman–Crippen LogP) is 4.94. The number of halogens is 5. The molecule has 0 amide bonds. The van der Waals surface area contributed by atoms with Crippen molar-refractivity contribution >= 4 is 23.3 Å². The average molecular weight is 427 g/mol. The molecule has 1 unspecified atom stereocenters. The van der Waals surface area contributed by atoms with Crippen LogP contribution in [-0.4, -0.2) is 23.0 Å². The first kappa shape index (κ1) is 20.6. The van der Waals surface area contributed by atoms with Crippen LogP contribution in [-0.2, 0) is 10.4 Å². The molecule has 0 bridgehead atoms. The summed E-state index contributed by atoms with van der Waals surface area (Å²) in [6.07, 6.45) is -5.98. The van der Waals surface area contributed by atoms with E-state index in [1.807, 2.05) is 0 Å². The van der Waals surface area contributed by atoms with Crippen molar-refractivity contribution in [2.24, 2.45) is 5.16 Å². The molecule has 1 aliphatic heterocycles. The fraction of sp³-hybridized carbons (Fsp3) is 0.211. The molecule has 2 aromatic carbocycles. The number of alkyl halides is 3. The second kappa shape index (κ2) is 7.04. The van der Waals surface area contributed by atoms with Gasteiger partial charge < -0.3 is 9.94 Å². The van der Waals surface area contributed by atoms with Crippen molar-refractivity contribution in [2.45, 2.75) is 25.1 Å². The van der Waals surface area contributed by atoms with Crippen molar-refractivity contribution in [1.82, 2.24) is 0 Å². The van der Waals surface area contributed by atoms with E-state index in [9.17, 15) is 22.4 Å². The highest BCUT2D eigenvalue weighted by Gasteiger charge is 2.63. The number of carboxylic acids is 1. The number of carbonyl (C=O) groups is 1. The van der Waals surface area contributed by atoms with Gasteiger partial charge in [-0.25, -0.2) is 9.18 Å². The van der Waals surface area contributed by atoms with Crippen molar-refractivity contribution < 1.29 is 32.3 Å². The average Bonchev–Trinajstić information content (AvgIpc) is 3.10. The molecule has 0 aliphatic carbocycles. The van der Waals surface area contributed by atoms with Crippen LogP contribution in [0.25, 0.3) is 0 Å². The van der Waals surface area contributed by atoms with Crippen LogP contribution in [0.3, 0.4) is 0 Å². The Kier molecular flexibility index (Phi) is 5.01. The van der Waals surface area contributed by atoms with E-state index in [-0.39, 0.29) is 22.4 Å². The van der Waals surface area contributed by atoms with Gasteiger partial charge >= 0.3 is 12.1 Å². The van der Waals surface area contributed by atoms with Crippen LogP contribution in [0, 0.1) is 24.1 Å². The SMILES string of the molecule is Cc1cc(C2=NOC(c3cc(C#N)cc(Cl)c3F)(C(F)(F)F)C2)ccc1C(=O)O. The fourth-order valence-corrected chi connectivity index (χ4v) is 3.29. The van der Waals surface area contributed by atoms with E-state index in [0.717, 1.165) is 12.1 Å². The van der Waals surface area contributed by atoms with E-state index >= 15 is 0 Å². The second-order valence-electron chi connectivity index (χ2n) is 6.40. The van der Waals surface area contributed by atoms with Gasteiger partial charge in [0.2, 0.25) is 0 Å². The lowest BCUT2D eigenvalue weighted by atomic mass is 9.85. The number of oxime groups is 1. The summed E-state index contributed by atoms with van der Waals surface area (Å²) in [6.45, 7) is 1.48. The lowest BCUT2D eigenvalue weighted by Crippen LogP contribution is -2.43. The van der Waals surface area contributed by atoms with Crippen molar-refractivity contribution in [3.8, 4) is 6.07 Å². The minimum atomic E-state index is -5.09. The number of benzene rings is 2. The Labute approximate surface area is 166 Å². The predicted molar refractivity (Wildman–Crippen MR) is 94.2 cm³/mol. The quantitative estimate of drug-likeness (QED) is 0.705. The summed E-state index contributed by atoms with van der Waals surface area (Å²) in [5.74, 6) is -2.55. The normalized spacial score (nSPS) is 18.7. The van der Waals surface area contributed by atoms with E-state index in [1.165, 1.54) is 25.1 Å². The van der Waals surface area contributed by atoms with Crippen molar-refractivity contribution in [3.63, 3.8) is 0 Å². The minimum absolute atomic E-state index is 0.0186. The van der Waals surface area contributed by atoms with Gasteiger partial charge in [0, 0.05) is 5.56 Å². The van der Waals surface area contributed by atoms with E-state index in [4.69, 9.17) is 26.8 Å². The zero-order valence-corrected chi connectivity index (χ0v) is 15.4. The zero-order chi connectivity index (χ0) is 21.6. The highest BCUT2D eigenvalue weighted by molar-refractivity contribution is 6.31. The Morgan fingerprint density at radius 1 is 1.34 bits per heavy atom. The standard InChI is InChI=1S/C19H11ClF4N2O3/c1-9-4-11(2-3-12(9)17(27)28)15-7-18(29-26-15,19(22,23)24)13-5-10(8-25)6-14(20)16(13)21/h2-6H,7H2,1H3,(H,27,28). The Hall–Kier alpha value is -3.12. The maximum Gasteiger partial charge on any atom is 0.435 e. The molecule has 0 saturated heterocycles. The van der Waals surface area contributed by atoms with Gasteiger partial charge in [-0.05, 0) is 42.3 Å². The largest absolute Gasteiger partial charge is 0.478 e. The Bertz CT molecular complexity index is 1090. The smallest absolute Gasteiger partial charge is 0.435 e. The molecule has 0 saturated carbocycles. The number of aryl methyl sites for hydroxylation is 1. The van der Waals surface area contributed by atoms with E-state index < -0.39 is 40.6 Å². The van der Waals surface area contributed by atoms with Crippen LogP contribution in [0.15, 0.2) is 35.5 Å². The summed E-state index contributed by atoms with van der Waals surface area (Å²) in [7, 11) is 0. The molecule has 1 heterocycles. The Morgan fingerprint density at radius 2 is 2.03 bits per heavy atom. The lowest BCUT2D eigenvalue weighted by molar-refractivity contribution is -0.276. The Balaban J connectivity index is 2.10. The molecule has 150 valence electrons. The van der Waals surface area contributed by atoms with Gasteiger partial charge in [0.05, 0.1) is 34.4 Å². The number of hydrogen-bond donors (Lipinski definition) is 1. The molecule has 0 aromatic heterocycles. The number of carboxylic acid groups (broad SMARTS) is 1. The molecule has 5 nitrogen and oxygen atoms in total. The van der Waals surface area contributed by atoms with E-state index in [2.05, 4.69) is 5.16 Å². The molecule has 0 radical (unpaired) electrons. The van der Waals surface area contributed by atoms with Crippen molar-refractivity contribution in [3.05, 3.63) is 69.0 Å². The van der Waals surface area contributed by atoms with Crippen molar-refractivity contribution in [2.75, 3.05) is 0 Å². The molecule has 0 spiro atoms. The van der Waals surface area contributed by atoms with Gasteiger partial charge in [0.1, 0.15) is 5.82 Å². The molecule has 3 rings (SSSR count). The van der Waals surface area contributed by atoms with Crippen LogP contribution in [0.4, 0.5) is 17.6 Å². The number of nitriles is 1. The molecule has 10 heteroatoms. The lowest BCUT2D eigenvalue weighted by Gasteiger charge is -2.30. The van der Waals surface area contributed by atoms with Gasteiger partial charge in [0.25, 0.3) is 5.60 Å². The highest BCUT2D eigenvalue weighted by atomic mass is 35.5. The number of aromatic carboxylic acids is 1. The van der Waals surface area contributed by atoms with Crippen LogP contribution in [0.2, 0.25) is 5.02 Å². The third kappa shape index (κ3) is 3.40. The summed E-state index contributed by atoms with van der Waals surface area (Å²) < 4.78 is 56.6. The highest BCUT2D eigenvalue weighted by Crippen LogP contribution is 2.50. The van der Waals surface area contributed by atoms with Crippen molar-refractivity contribution in [1.29, 1.82) is 5.26 Å². The van der Waals surface area contributed by atoms with Gasteiger partial charge in [0.15, 0.2) is 0 Å². The maximum absolute atomic E-state index is 14.5. The van der Waals surface area contributed by atoms with Gasteiger partial charge in [-0.15, -0.1) is 0 Å². The first-order chi connectivity index (χ1) is 13.5. The number of hydrogen-bond acceptors (Lipinski definition) is 4. The van der Waals surface area contributed by atoms with E-state index in [1.54, 1.807) is 6.07 Å². The molecule has 2 aromatic rings. The molecule has 1 aliphatic rings. The van der Waals surface area contributed by atoms with Crippen LogP contribution >= 0.6 is 11.6 Å². The van der Waals surface area contributed by atoms with Gasteiger partial charge in [-0.2, -0.15) is 18.4 Å². The molecule has 29 heavy (non-hydrogen) atoms. The van der Waals surface area contributed by atoms with Crippen LogP contribution < -0.4 is 0 Å². The molecular weight excluding hydrogens is 416 g/mol. The molecule has 1 N–H and O–H groups in total. The minimum Gasteiger partial charge on any atom is -0.478 e. The third-order valence-corrected chi connectivity index (χ3v) is 4.84. The summed E-state index contributed by atoms with van der Waals surface area (Å²) in [4.78, 5) is 15.9. The summed E-state index contributed by atoms with van der Waals surface area (Å²) in [5.41, 5.74) is -4.07. The van der Waals surface area contributed by atoms with Gasteiger partial charge in [-0.3, -0.25) is 0 Å². The first-order valence-electron chi connectivity index (χ1n) is 8.06. The van der Waals surface area contributed by atoms with Crippen LogP contribution in [0.5, 0.6) is 0 Å². The number of rotatable bonds is 3.